The summed E-state index contributed by atoms with van der Waals surface area (Å²) in [5, 5.41) is 16.8. The van der Waals surface area contributed by atoms with Gasteiger partial charge in [-0.2, -0.15) is 70.2 Å². The molecule has 2 nitrogen and oxygen atoms in total. The molecule has 0 aliphatic heterocycles. The molecule has 182 valence electrons. The molecule has 0 amide bonds. The first-order chi connectivity index (χ1) is 12.6. The third kappa shape index (κ3) is 3.83. The Balaban J connectivity index is 6.83. The molecule has 0 saturated heterocycles. The lowest BCUT2D eigenvalue weighted by molar-refractivity contribution is -0.425. The maximum atomic E-state index is 13.4. The zero-order chi connectivity index (χ0) is 25.2. The molecule has 0 aromatic carbocycles. The fourth-order valence-electron chi connectivity index (χ4n) is 1.81. The van der Waals surface area contributed by atoms with Crippen LogP contribution in [0, 0.1) is 0 Å². The van der Waals surface area contributed by atoms with Crippen molar-refractivity contribution in [3.63, 3.8) is 0 Å². The zero-order valence-electron chi connectivity index (χ0n) is 12.9. The number of halogens is 18. The van der Waals surface area contributed by atoms with Gasteiger partial charge in [-0.1, -0.05) is 0 Å². The van der Waals surface area contributed by atoms with Gasteiger partial charge in [-0.15, -0.1) is 0 Å². The van der Waals surface area contributed by atoms with Gasteiger partial charge in [-0.05, 0) is 0 Å². The van der Waals surface area contributed by atoms with Crippen molar-refractivity contribution in [3.8, 4) is 0 Å². The van der Waals surface area contributed by atoms with E-state index in [1.54, 1.807) is 0 Å². The van der Waals surface area contributed by atoms with E-state index in [1.165, 1.54) is 0 Å². The predicted molar refractivity (Wildman–Crippen MR) is 53.8 cm³/mol. The molecule has 0 saturated carbocycles. The summed E-state index contributed by atoms with van der Waals surface area (Å²) in [6.07, 6.45) is -44.0. The SMILES string of the molecule is OC(C(F)(F)C(F)(F)C(O)C(F)(C(F)(F)F)C(F)(F)F)C(F)(C(F)(F)F)C(F)(F)F. The lowest BCUT2D eigenvalue weighted by Crippen LogP contribution is -2.74. The van der Waals surface area contributed by atoms with Gasteiger partial charge in [0.25, 0.3) is 0 Å². The second-order valence-corrected chi connectivity index (χ2v) is 5.47. The van der Waals surface area contributed by atoms with E-state index in [0.717, 1.165) is 0 Å². The van der Waals surface area contributed by atoms with Gasteiger partial charge < -0.3 is 10.2 Å². The van der Waals surface area contributed by atoms with Crippen molar-refractivity contribution >= 4 is 0 Å². The smallest absolute Gasteiger partial charge is 0.383 e. The van der Waals surface area contributed by atoms with Gasteiger partial charge >= 0.3 is 47.9 Å². The minimum absolute atomic E-state index is 6.50. The van der Waals surface area contributed by atoms with Gasteiger partial charge in [-0.3, -0.25) is 0 Å². The normalized spacial score (nSPS) is 18.4. The predicted octanol–water partition coefficient (Wildman–Crippen LogP) is 4.64. The van der Waals surface area contributed by atoms with Crippen LogP contribution in [-0.2, 0) is 0 Å². The van der Waals surface area contributed by atoms with E-state index in [4.69, 9.17) is 10.2 Å². The second-order valence-electron chi connectivity index (χ2n) is 5.47. The molecule has 0 rings (SSSR count). The van der Waals surface area contributed by atoms with E-state index in [0.29, 0.717) is 0 Å². The molecule has 0 aromatic heterocycles. The Kier molecular flexibility index (Phi) is 6.77. The van der Waals surface area contributed by atoms with Gasteiger partial charge in [0, 0.05) is 0 Å². The summed E-state index contributed by atoms with van der Waals surface area (Å²) in [4.78, 5) is 0. The Morgan fingerprint density at radius 2 is 0.467 bits per heavy atom. The van der Waals surface area contributed by atoms with Crippen molar-refractivity contribution < 1.29 is 89.2 Å². The summed E-state index contributed by atoms with van der Waals surface area (Å²) < 4.78 is 227. The highest BCUT2D eigenvalue weighted by molar-refractivity contribution is 5.15. The number of aliphatic hydroxyl groups excluding tert-OH is 2. The van der Waals surface area contributed by atoms with Crippen LogP contribution in [0.3, 0.4) is 0 Å². The zero-order valence-corrected chi connectivity index (χ0v) is 12.9. The standard InChI is InChI=1S/C10H4F18O2/c11-3(7(17,18)19,8(20,21)22)1(29)5(13,14)6(15,16)2(30)4(12,9(23,24)25)10(26,27)28/h1-2,29-30H. The number of hydrogen-bond acceptors (Lipinski definition) is 2. The first-order valence-electron chi connectivity index (χ1n) is 6.32. The molecule has 0 fully saturated rings. The lowest BCUT2D eigenvalue weighted by atomic mass is 9.82. The van der Waals surface area contributed by atoms with Crippen molar-refractivity contribution in [1.82, 2.24) is 0 Å². The number of rotatable bonds is 5. The van der Waals surface area contributed by atoms with E-state index < -0.39 is 60.1 Å². The van der Waals surface area contributed by atoms with E-state index in [-0.39, 0.29) is 0 Å². The van der Waals surface area contributed by atoms with Crippen LogP contribution in [0.1, 0.15) is 0 Å². The quantitative estimate of drug-likeness (QED) is 0.543. The Hall–Kier alpha value is -1.34. The second kappa shape index (κ2) is 7.09. The van der Waals surface area contributed by atoms with Gasteiger partial charge in [-0.25, -0.2) is 8.78 Å². The molecule has 30 heavy (non-hydrogen) atoms. The van der Waals surface area contributed by atoms with Gasteiger partial charge in [0.15, 0.2) is 12.2 Å². The summed E-state index contributed by atoms with van der Waals surface area (Å²) in [7, 11) is 0. The molecule has 0 aliphatic rings. The first-order valence-corrected chi connectivity index (χ1v) is 6.32. The van der Waals surface area contributed by atoms with Crippen molar-refractivity contribution in [2.24, 2.45) is 0 Å². The van der Waals surface area contributed by atoms with Gasteiger partial charge in [0.2, 0.25) is 0 Å². The summed E-state index contributed by atoms with van der Waals surface area (Å²) >= 11 is 0. The average Bonchev–Trinajstić information content (AvgIpc) is 2.46. The van der Waals surface area contributed by atoms with Crippen molar-refractivity contribution in [3.05, 3.63) is 0 Å². The Morgan fingerprint density at radius 3 is 0.567 bits per heavy atom. The molecule has 0 aromatic rings. The molecule has 2 atom stereocenters. The summed E-state index contributed by atoms with van der Waals surface area (Å²) in [6, 6.07) is 0. The summed E-state index contributed by atoms with van der Waals surface area (Å²) in [5.41, 5.74) is -15.6. The van der Waals surface area contributed by atoms with E-state index >= 15 is 0 Å². The fraction of sp³-hybridized carbons (Fsp3) is 1.00. The molecule has 0 spiro atoms. The molecular weight excluding hydrogens is 494 g/mol. The molecule has 2 unspecified atom stereocenters. The summed E-state index contributed by atoms with van der Waals surface area (Å²) in [6.45, 7) is 0. The molecular formula is C10H4F18O2. The van der Waals surface area contributed by atoms with Crippen LogP contribution >= 0.6 is 0 Å². The number of hydrogen-bond donors (Lipinski definition) is 2. The summed E-state index contributed by atoms with van der Waals surface area (Å²) in [5.74, 6) is -15.8. The highest BCUT2D eigenvalue weighted by Crippen LogP contribution is 2.58. The fourth-order valence-corrected chi connectivity index (χ4v) is 1.81. The molecule has 0 radical (unpaired) electrons. The van der Waals surface area contributed by atoms with Crippen molar-refractivity contribution in [2.45, 2.75) is 60.1 Å². The lowest BCUT2D eigenvalue weighted by Gasteiger charge is -2.43. The van der Waals surface area contributed by atoms with Crippen molar-refractivity contribution in [1.29, 1.82) is 0 Å². The maximum absolute atomic E-state index is 13.4. The average molecular weight is 498 g/mol. The van der Waals surface area contributed by atoms with Crippen LogP contribution in [-0.4, -0.2) is 70.3 Å². The van der Waals surface area contributed by atoms with Crippen molar-refractivity contribution in [2.75, 3.05) is 0 Å². The molecule has 0 heterocycles. The highest BCUT2D eigenvalue weighted by atomic mass is 19.4. The highest BCUT2D eigenvalue weighted by Gasteiger charge is 2.88. The van der Waals surface area contributed by atoms with Crippen LogP contribution < -0.4 is 0 Å². The van der Waals surface area contributed by atoms with E-state index in [2.05, 4.69) is 0 Å². The largest absolute Gasteiger partial charge is 0.434 e. The Morgan fingerprint density at radius 1 is 0.333 bits per heavy atom. The van der Waals surface area contributed by atoms with Gasteiger partial charge in [0.05, 0.1) is 0 Å². The monoisotopic (exact) mass is 498 g/mol. The Bertz CT molecular complexity index is 526. The van der Waals surface area contributed by atoms with Crippen LogP contribution in [0.4, 0.5) is 79.0 Å². The van der Waals surface area contributed by atoms with E-state index in [9.17, 15) is 79.0 Å². The van der Waals surface area contributed by atoms with Gasteiger partial charge in [0.1, 0.15) is 0 Å². The first kappa shape index (κ1) is 28.7. The number of alkyl halides is 18. The van der Waals surface area contributed by atoms with Crippen LogP contribution in [0.15, 0.2) is 0 Å². The van der Waals surface area contributed by atoms with Crippen LogP contribution in [0.2, 0.25) is 0 Å². The Labute approximate surface area is 151 Å². The maximum Gasteiger partial charge on any atom is 0.434 e. The molecule has 2 N–H and O–H groups in total. The van der Waals surface area contributed by atoms with Crippen LogP contribution in [0.25, 0.3) is 0 Å². The molecule has 0 bridgehead atoms. The molecule has 20 heteroatoms. The minimum Gasteiger partial charge on any atom is -0.383 e. The third-order valence-electron chi connectivity index (χ3n) is 3.53. The third-order valence-corrected chi connectivity index (χ3v) is 3.53. The number of aliphatic hydroxyl groups is 2. The minimum atomic E-state index is -7.92. The van der Waals surface area contributed by atoms with E-state index in [1.807, 2.05) is 0 Å². The topological polar surface area (TPSA) is 40.5 Å². The molecule has 0 aliphatic carbocycles. The van der Waals surface area contributed by atoms with Crippen LogP contribution in [0.5, 0.6) is 0 Å².